The molecule has 0 bridgehead atoms. The van der Waals surface area contributed by atoms with Gasteiger partial charge in [0.15, 0.2) is 0 Å². The highest BCUT2D eigenvalue weighted by atomic mass is 16.5. The quantitative estimate of drug-likeness (QED) is 0.469. The molecule has 0 fully saturated rings. The van der Waals surface area contributed by atoms with Gasteiger partial charge in [-0.3, -0.25) is 14.6 Å². The van der Waals surface area contributed by atoms with E-state index in [-0.39, 0.29) is 23.7 Å². The Kier molecular flexibility index (Phi) is 5.73. The van der Waals surface area contributed by atoms with Gasteiger partial charge in [-0.1, -0.05) is 44.1 Å². The highest BCUT2D eigenvalue weighted by Crippen LogP contribution is 2.23. The van der Waals surface area contributed by atoms with Crippen LogP contribution in [-0.2, 0) is 16.6 Å². The molecule has 0 atom stereocenters. The first-order valence-corrected chi connectivity index (χ1v) is 10.3. The van der Waals surface area contributed by atoms with Gasteiger partial charge >= 0.3 is 0 Å². The zero-order chi connectivity index (χ0) is 22.7. The molecule has 0 unspecified atom stereocenters. The van der Waals surface area contributed by atoms with E-state index >= 15 is 0 Å². The number of benzene rings is 2. The molecule has 32 heavy (non-hydrogen) atoms. The summed E-state index contributed by atoms with van der Waals surface area (Å²) in [5.74, 6) is 0.292. The van der Waals surface area contributed by atoms with E-state index in [1.54, 1.807) is 42.6 Å². The molecule has 0 spiro atoms. The molecule has 2 amide bonds. The lowest BCUT2D eigenvalue weighted by Gasteiger charge is -2.12. The average molecular weight is 428 g/mol. The summed E-state index contributed by atoms with van der Waals surface area (Å²) in [6, 6.07) is 18.2. The van der Waals surface area contributed by atoms with Crippen molar-refractivity contribution >= 4 is 34.1 Å². The number of nitrogens with one attached hydrogen (secondary N) is 2. The highest BCUT2D eigenvalue weighted by Gasteiger charge is 2.20. The molecule has 162 valence electrons. The number of aromatic nitrogens is 2. The summed E-state index contributed by atoms with van der Waals surface area (Å²) in [6.07, 6.45) is 1.67. The van der Waals surface area contributed by atoms with Gasteiger partial charge in [0, 0.05) is 34.4 Å². The van der Waals surface area contributed by atoms with Gasteiger partial charge in [0.2, 0.25) is 5.91 Å². The molecule has 4 rings (SSSR count). The third kappa shape index (κ3) is 5.00. The number of anilines is 2. The summed E-state index contributed by atoms with van der Waals surface area (Å²) in [4.78, 5) is 29.2. The van der Waals surface area contributed by atoms with E-state index < -0.39 is 0 Å². The van der Waals surface area contributed by atoms with E-state index in [0.29, 0.717) is 22.6 Å². The van der Waals surface area contributed by atoms with E-state index in [2.05, 4.69) is 20.8 Å². The fourth-order valence-corrected chi connectivity index (χ4v) is 3.15. The average Bonchev–Trinajstić information content (AvgIpc) is 3.23. The minimum absolute atomic E-state index is 0.118. The van der Waals surface area contributed by atoms with Gasteiger partial charge in [-0.15, -0.1) is 0 Å². The molecule has 7 heteroatoms. The van der Waals surface area contributed by atoms with Crippen LogP contribution in [0.15, 0.2) is 71.4 Å². The number of amides is 2. The van der Waals surface area contributed by atoms with Crippen molar-refractivity contribution in [2.75, 3.05) is 10.6 Å². The molecule has 7 nitrogen and oxygen atoms in total. The molecule has 0 aliphatic carbocycles. The van der Waals surface area contributed by atoms with Gasteiger partial charge in [0.05, 0.1) is 23.2 Å². The number of rotatable bonds is 5. The SMILES string of the molecule is CC(C)(C)c1cc(CC(=O)Nc2ccc(NC(=O)c3cnc4ccccc4c3)cc2)no1. The van der Waals surface area contributed by atoms with Crippen LogP contribution in [0.2, 0.25) is 0 Å². The van der Waals surface area contributed by atoms with Gasteiger partial charge in [-0.05, 0) is 36.4 Å². The van der Waals surface area contributed by atoms with Gasteiger partial charge < -0.3 is 15.2 Å². The summed E-state index contributed by atoms with van der Waals surface area (Å²) >= 11 is 0. The normalized spacial score (nSPS) is 11.3. The third-order valence-electron chi connectivity index (χ3n) is 4.92. The third-order valence-corrected chi connectivity index (χ3v) is 4.92. The number of carbonyl (C=O) groups excluding carboxylic acids is 2. The molecule has 0 saturated heterocycles. The molecular weight excluding hydrogens is 404 g/mol. The van der Waals surface area contributed by atoms with E-state index in [9.17, 15) is 9.59 Å². The van der Waals surface area contributed by atoms with Crippen LogP contribution in [0.5, 0.6) is 0 Å². The maximum Gasteiger partial charge on any atom is 0.257 e. The van der Waals surface area contributed by atoms with Crippen molar-refractivity contribution in [2.45, 2.75) is 32.6 Å². The zero-order valence-corrected chi connectivity index (χ0v) is 18.2. The molecule has 0 radical (unpaired) electrons. The van der Waals surface area contributed by atoms with E-state index in [1.807, 2.05) is 45.0 Å². The lowest BCUT2D eigenvalue weighted by atomic mass is 9.93. The van der Waals surface area contributed by atoms with Gasteiger partial charge in [0.25, 0.3) is 5.91 Å². The maximum atomic E-state index is 12.6. The summed E-state index contributed by atoms with van der Waals surface area (Å²) < 4.78 is 5.32. The summed E-state index contributed by atoms with van der Waals surface area (Å²) in [6.45, 7) is 6.07. The molecule has 2 aromatic carbocycles. The molecule has 0 aliphatic heterocycles. The second-order valence-electron chi connectivity index (χ2n) is 8.61. The van der Waals surface area contributed by atoms with Crippen LogP contribution in [0.3, 0.4) is 0 Å². The first kappa shape index (κ1) is 21.2. The second-order valence-corrected chi connectivity index (χ2v) is 8.61. The van der Waals surface area contributed by atoms with Crippen molar-refractivity contribution in [3.8, 4) is 0 Å². The number of nitrogens with zero attached hydrogens (tertiary/aromatic N) is 2. The van der Waals surface area contributed by atoms with Crippen LogP contribution in [0.4, 0.5) is 11.4 Å². The molecule has 0 saturated carbocycles. The van der Waals surface area contributed by atoms with Gasteiger partial charge in [0.1, 0.15) is 5.76 Å². The first-order chi connectivity index (χ1) is 15.3. The van der Waals surface area contributed by atoms with Crippen molar-refractivity contribution in [3.63, 3.8) is 0 Å². The van der Waals surface area contributed by atoms with Crippen LogP contribution in [-0.4, -0.2) is 22.0 Å². The number of hydrogen-bond donors (Lipinski definition) is 2. The monoisotopic (exact) mass is 428 g/mol. The maximum absolute atomic E-state index is 12.6. The number of fused-ring (bicyclic) bond motifs is 1. The predicted octanol–water partition coefficient (Wildman–Crippen LogP) is 4.95. The van der Waals surface area contributed by atoms with Crippen LogP contribution in [0.1, 0.15) is 42.6 Å². The van der Waals surface area contributed by atoms with Crippen molar-refractivity contribution in [3.05, 3.63) is 83.9 Å². The van der Waals surface area contributed by atoms with Crippen molar-refractivity contribution < 1.29 is 14.1 Å². The molecule has 2 aromatic heterocycles. The van der Waals surface area contributed by atoms with Gasteiger partial charge in [-0.2, -0.15) is 0 Å². The smallest absolute Gasteiger partial charge is 0.257 e. The Morgan fingerprint density at radius 1 is 0.938 bits per heavy atom. The topological polar surface area (TPSA) is 97.1 Å². The van der Waals surface area contributed by atoms with Crippen LogP contribution < -0.4 is 10.6 Å². The Morgan fingerprint density at radius 2 is 1.62 bits per heavy atom. The van der Waals surface area contributed by atoms with E-state index in [0.717, 1.165) is 16.7 Å². The van der Waals surface area contributed by atoms with Crippen LogP contribution in [0.25, 0.3) is 10.9 Å². The fourth-order valence-electron chi connectivity index (χ4n) is 3.15. The molecule has 2 N–H and O–H groups in total. The van der Waals surface area contributed by atoms with Crippen LogP contribution in [0, 0.1) is 0 Å². The zero-order valence-electron chi connectivity index (χ0n) is 18.2. The Bertz CT molecular complexity index is 1270. The lowest BCUT2D eigenvalue weighted by molar-refractivity contribution is -0.115. The molecular formula is C25H24N4O3. The minimum atomic E-state index is -0.249. The Balaban J connectivity index is 1.35. The van der Waals surface area contributed by atoms with Crippen molar-refractivity contribution in [2.24, 2.45) is 0 Å². The number of hydrogen-bond acceptors (Lipinski definition) is 5. The highest BCUT2D eigenvalue weighted by molar-refractivity contribution is 6.05. The number of pyridine rings is 1. The van der Waals surface area contributed by atoms with E-state index in [4.69, 9.17) is 4.52 Å². The Hall–Kier alpha value is -4.00. The summed E-state index contributed by atoms with van der Waals surface area (Å²) in [7, 11) is 0. The lowest BCUT2D eigenvalue weighted by Crippen LogP contribution is -2.15. The minimum Gasteiger partial charge on any atom is -0.361 e. The fraction of sp³-hybridized carbons (Fsp3) is 0.200. The number of para-hydroxylation sites is 1. The second kappa shape index (κ2) is 8.63. The first-order valence-electron chi connectivity index (χ1n) is 10.3. The van der Waals surface area contributed by atoms with Crippen molar-refractivity contribution in [1.29, 1.82) is 0 Å². The largest absolute Gasteiger partial charge is 0.361 e. The van der Waals surface area contributed by atoms with Gasteiger partial charge in [-0.25, -0.2) is 0 Å². The molecule has 0 aliphatic rings. The Morgan fingerprint density at radius 3 is 2.31 bits per heavy atom. The predicted molar refractivity (Wildman–Crippen MR) is 124 cm³/mol. The molecule has 2 heterocycles. The Labute approximate surface area is 185 Å². The van der Waals surface area contributed by atoms with Crippen molar-refractivity contribution in [1.82, 2.24) is 10.1 Å². The molecule has 4 aromatic rings. The van der Waals surface area contributed by atoms with Crippen LogP contribution >= 0.6 is 0 Å². The summed E-state index contributed by atoms with van der Waals surface area (Å²) in [5, 5.41) is 10.5. The van der Waals surface area contributed by atoms with E-state index in [1.165, 1.54) is 0 Å². The number of carbonyl (C=O) groups is 2. The summed E-state index contributed by atoms with van der Waals surface area (Å²) in [5.41, 5.74) is 2.98. The standard InChI is InChI=1S/C25H24N4O3/c1-25(2,3)22-13-20(29-32-22)14-23(30)27-18-8-10-19(11-9-18)28-24(31)17-12-16-6-4-5-7-21(16)26-15-17/h4-13,15H,14H2,1-3H3,(H,27,30)(H,28,31).